The van der Waals surface area contributed by atoms with Gasteiger partial charge >= 0.3 is 12.0 Å². The van der Waals surface area contributed by atoms with Crippen LogP contribution in [0.25, 0.3) is 0 Å². The van der Waals surface area contributed by atoms with Crippen molar-refractivity contribution in [2.75, 3.05) is 11.5 Å². The van der Waals surface area contributed by atoms with Gasteiger partial charge in [-0.3, -0.25) is 14.5 Å². The molecule has 3 atom stereocenters. The van der Waals surface area contributed by atoms with Crippen molar-refractivity contribution < 1.29 is 19.5 Å². The average Bonchev–Trinajstić information content (AvgIpc) is 3.09. The summed E-state index contributed by atoms with van der Waals surface area (Å²) >= 11 is 1.74. The number of carbonyl (C=O) groups is 3. The molecule has 2 aliphatic rings. The number of rotatable bonds is 6. The number of benzene rings is 1. The van der Waals surface area contributed by atoms with Gasteiger partial charge in [-0.25, -0.2) is 4.79 Å². The molecule has 0 bridgehead atoms. The fraction of sp³-hybridized carbons (Fsp3) is 0.471. The zero-order valence-corrected chi connectivity index (χ0v) is 14.5. The largest absolute Gasteiger partial charge is 0.481 e. The Balaban J connectivity index is 1.70. The van der Waals surface area contributed by atoms with Crippen molar-refractivity contribution >= 4 is 35.4 Å². The fourth-order valence-electron chi connectivity index (χ4n) is 3.39. The summed E-state index contributed by atoms with van der Waals surface area (Å²) in [6, 6.07) is 5.96. The number of unbranched alkanes of at least 4 members (excludes halogenated alkanes) is 1. The van der Waals surface area contributed by atoms with Crippen molar-refractivity contribution in [3.05, 3.63) is 29.8 Å². The van der Waals surface area contributed by atoms with Gasteiger partial charge in [0, 0.05) is 28.7 Å². The van der Waals surface area contributed by atoms with Crippen LogP contribution in [0, 0.1) is 0 Å². The van der Waals surface area contributed by atoms with E-state index in [1.807, 2.05) is 0 Å². The van der Waals surface area contributed by atoms with Gasteiger partial charge < -0.3 is 16.2 Å². The molecule has 2 aliphatic heterocycles. The zero-order valence-electron chi connectivity index (χ0n) is 13.7. The number of hydrogen-bond acceptors (Lipinski definition) is 5. The second-order valence-corrected chi connectivity index (χ2v) is 7.63. The molecule has 1 aromatic carbocycles. The number of carboxylic acid groups (broad SMARTS) is 1. The number of fused-ring (bicyclic) bond motifs is 1. The van der Waals surface area contributed by atoms with E-state index in [4.69, 9.17) is 10.8 Å². The van der Waals surface area contributed by atoms with E-state index < -0.39 is 5.97 Å². The highest BCUT2D eigenvalue weighted by molar-refractivity contribution is 8.00. The first-order chi connectivity index (χ1) is 12.0. The van der Waals surface area contributed by atoms with Gasteiger partial charge in [-0.05, 0) is 37.1 Å². The molecule has 25 heavy (non-hydrogen) atoms. The van der Waals surface area contributed by atoms with Crippen molar-refractivity contribution in [2.45, 2.75) is 43.0 Å². The molecule has 0 aromatic heterocycles. The molecule has 0 spiro atoms. The van der Waals surface area contributed by atoms with Crippen LogP contribution in [0.4, 0.5) is 10.5 Å². The third kappa shape index (κ3) is 3.73. The minimum atomic E-state index is -0.796. The first kappa shape index (κ1) is 17.6. The summed E-state index contributed by atoms with van der Waals surface area (Å²) in [5, 5.41) is 11.8. The third-order valence-corrected chi connectivity index (χ3v) is 6.11. The Bertz CT molecular complexity index is 679. The van der Waals surface area contributed by atoms with Crippen molar-refractivity contribution in [1.29, 1.82) is 0 Å². The quantitative estimate of drug-likeness (QED) is 0.404. The molecule has 2 fully saturated rings. The maximum Gasteiger partial charge on any atom is 0.325 e. The minimum absolute atomic E-state index is 0.0419. The molecule has 2 heterocycles. The van der Waals surface area contributed by atoms with Crippen LogP contribution in [0.1, 0.15) is 36.0 Å². The van der Waals surface area contributed by atoms with Crippen LogP contribution in [-0.4, -0.2) is 51.0 Å². The number of amides is 3. The smallest absolute Gasteiger partial charge is 0.325 e. The van der Waals surface area contributed by atoms with Crippen LogP contribution in [0.15, 0.2) is 24.3 Å². The number of hydrogen-bond donors (Lipinski definition) is 3. The lowest BCUT2D eigenvalue weighted by molar-refractivity contribution is -0.137. The maximum atomic E-state index is 12.8. The summed E-state index contributed by atoms with van der Waals surface area (Å²) in [6.45, 7) is 0. The number of carboxylic acids is 1. The summed E-state index contributed by atoms with van der Waals surface area (Å²) in [7, 11) is 0. The molecule has 0 aliphatic carbocycles. The molecule has 0 radical (unpaired) electrons. The lowest BCUT2D eigenvalue weighted by Crippen LogP contribution is -2.44. The number of nitrogens with zero attached hydrogens (tertiary/aromatic N) is 1. The summed E-state index contributed by atoms with van der Waals surface area (Å²) < 4.78 is 0. The number of aliphatic carboxylic acids is 1. The van der Waals surface area contributed by atoms with Gasteiger partial charge in [0.25, 0.3) is 5.91 Å². The molecule has 0 unspecified atom stereocenters. The van der Waals surface area contributed by atoms with Crippen LogP contribution in [0.3, 0.4) is 0 Å². The Morgan fingerprint density at radius 3 is 2.68 bits per heavy atom. The normalized spacial score (nSPS) is 24.9. The number of imide groups is 1. The predicted molar refractivity (Wildman–Crippen MR) is 95.5 cm³/mol. The topological polar surface area (TPSA) is 113 Å². The molecule has 3 amide bonds. The molecular formula is C17H21N3O4S. The van der Waals surface area contributed by atoms with Crippen LogP contribution in [0.5, 0.6) is 0 Å². The van der Waals surface area contributed by atoms with Gasteiger partial charge in [-0.1, -0.05) is 6.42 Å². The van der Waals surface area contributed by atoms with Crippen molar-refractivity contribution in [1.82, 2.24) is 10.2 Å². The highest BCUT2D eigenvalue weighted by atomic mass is 32.2. The van der Waals surface area contributed by atoms with Crippen LogP contribution in [0.2, 0.25) is 0 Å². The van der Waals surface area contributed by atoms with Gasteiger partial charge in [0.15, 0.2) is 0 Å². The maximum absolute atomic E-state index is 12.8. The van der Waals surface area contributed by atoms with E-state index in [-0.39, 0.29) is 35.7 Å². The summed E-state index contributed by atoms with van der Waals surface area (Å²) in [4.78, 5) is 37.1. The third-order valence-electron chi connectivity index (χ3n) is 4.61. The Hall–Kier alpha value is -2.22. The van der Waals surface area contributed by atoms with Gasteiger partial charge in [-0.2, -0.15) is 11.8 Å². The van der Waals surface area contributed by atoms with Crippen LogP contribution in [-0.2, 0) is 4.79 Å². The van der Waals surface area contributed by atoms with Crippen molar-refractivity contribution in [3.63, 3.8) is 0 Å². The zero-order chi connectivity index (χ0) is 18.0. The number of nitrogens with two attached hydrogens (primary N) is 1. The van der Waals surface area contributed by atoms with Gasteiger partial charge in [0.1, 0.15) is 0 Å². The highest BCUT2D eigenvalue weighted by Crippen LogP contribution is 2.38. The van der Waals surface area contributed by atoms with Gasteiger partial charge in [0.05, 0.1) is 12.1 Å². The molecule has 4 N–H and O–H groups in total. The average molecular weight is 363 g/mol. The van der Waals surface area contributed by atoms with E-state index in [1.165, 1.54) is 4.90 Å². The summed E-state index contributed by atoms with van der Waals surface area (Å²) in [5.41, 5.74) is 6.65. The molecule has 3 rings (SSSR count). The lowest BCUT2D eigenvalue weighted by Gasteiger charge is -2.25. The van der Waals surface area contributed by atoms with E-state index >= 15 is 0 Å². The number of carbonyl (C=O) groups excluding carboxylic acids is 2. The molecule has 134 valence electrons. The van der Waals surface area contributed by atoms with Crippen LogP contribution < -0.4 is 11.1 Å². The molecule has 1 aromatic rings. The van der Waals surface area contributed by atoms with Crippen molar-refractivity contribution in [2.24, 2.45) is 0 Å². The summed E-state index contributed by atoms with van der Waals surface area (Å²) in [6.07, 6.45) is 2.32. The first-order valence-corrected chi connectivity index (χ1v) is 9.35. The molecule has 0 saturated carbocycles. The van der Waals surface area contributed by atoms with E-state index in [9.17, 15) is 14.4 Å². The van der Waals surface area contributed by atoms with Crippen LogP contribution >= 0.6 is 11.8 Å². The predicted octanol–water partition coefficient (Wildman–Crippen LogP) is 1.93. The van der Waals surface area contributed by atoms with E-state index in [1.54, 1.807) is 36.0 Å². The second kappa shape index (κ2) is 7.35. The van der Waals surface area contributed by atoms with Gasteiger partial charge in [-0.15, -0.1) is 0 Å². The SMILES string of the molecule is Nc1ccc(C(=O)N2C(=O)N[C@@H]3CS[C@H](CCCCC(=O)O)[C@@H]32)cc1. The minimum Gasteiger partial charge on any atom is -0.481 e. The number of nitrogens with one attached hydrogen (secondary N) is 1. The highest BCUT2D eigenvalue weighted by Gasteiger charge is 2.50. The van der Waals surface area contributed by atoms with Crippen molar-refractivity contribution in [3.8, 4) is 0 Å². The fourth-order valence-corrected chi connectivity index (χ4v) is 4.97. The number of thioether (sulfide) groups is 1. The standard InChI is InChI=1S/C17H21N3O4S/c18-11-7-5-10(6-8-11)16(23)20-15-12(19-17(20)24)9-25-13(15)3-1-2-4-14(21)22/h5-8,12-13,15H,1-4,9,18H2,(H,19,24)(H,21,22)/t12-,13-,15-/m1/s1. The second-order valence-electron chi connectivity index (χ2n) is 6.36. The Kier molecular flexibility index (Phi) is 5.17. The van der Waals surface area contributed by atoms with Gasteiger partial charge in [0.2, 0.25) is 0 Å². The Morgan fingerprint density at radius 1 is 1.28 bits per heavy atom. The lowest BCUT2D eigenvalue weighted by atomic mass is 10.0. The molecule has 2 saturated heterocycles. The molecule has 8 heteroatoms. The van der Waals surface area contributed by atoms with E-state index in [0.717, 1.165) is 18.6 Å². The Morgan fingerprint density at radius 2 is 2.00 bits per heavy atom. The van der Waals surface area contributed by atoms with E-state index in [2.05, 4.69) is 5.32 Å². The number of nitrogen functional groups attached to an aromatic ring is 1. The number of anilines is 1. The number of urea groups is 1. The van der Waals surface area contributed by atoms with E-state index in [0.29, 0.717) is 17.7 Å². The monoisotopic (exact) mass is 363 g/mol. The summed E-state index contributed by atoms with van der Waals surface area (Å²) in [5.74, 6) is -0.344. The first-order valence-electron chi connectivity index (χ1n) is 8.30. The Labute approximate surface area is 149 Å². The molecular weight excluding hydrogens is 342 g/mol. The molecule has 7 nitrogen and oxygen atoms in total.